The number of pyridine rings is 1. The van der Waals surface area contributed by atoms with Crippen LogP contribution in [-0.4, -0.2) is 23.4 Å². The van der Waals surface area contributed by atoms with Crippen LogP contribution in [0.4, 0.5) is 5.69 Å². The Balaban J connectivity index is 1.63. The van der Waals surface area contributed by atoms with E-state index in [0.29, 0.717) is 36.1 Å². The van der Waals surface area contributed by atoms with Crippen molar-refractivity contribution in [2.45, 2.75) is 25.9 Å². The largest absolute Gasteiger partial charge is 0.493 e. The van der Waals surface area contributed by atoms with Gasteiger partial charge in [0.15, 0.2) is 0 Å². The topological polar surface area (TPSA) is 60.5 Å². The molecule has 156 valence electrons. The fraction of sp³-hybridized carbons (Fsp3) is 0.250. The molecular formula is C24H25ClN2O3. The summed E-state index contributed by atoms with van der Waals surface area (Å²) in [6, 6.07) is 18.5. The third-order valence-electron chi connectivity index (χ3n) is 4.44. The first kappa shape index (κ1) is 21.7. The summed E-state index contributed by atoms with van der Waals surface area (Å²) in [4.78, 5) is 16.7. The quantitative estimate of drug-likeness (QED) is 0.317. The molecule has 0 saturated heterocycles. The molecule has 3 aromatic rings. The SMILES string of the molecule is O=C(Nc1cccnc1)c1ccccc1OCc1ccccc1OCCCCCCl. The van der Waals surface area contributed by atoms with Crippen LogP contribution in [0.3, 0.4) is 0 Å². The number of para-hydroxylation sites is 2. The number of ether oxygens (including phenoxy) is 2. The van der Waals surface area contributed by atoms with Crippen LogP contribution in [0.1, 0.15) is 35.2 Å². The fourth-order valence-electron chi connectivity index (χ4n) is 2.89. The lowest BCUT2D eigenvalue weighted by Gasteiger charge is -2.14. The maximum atomic E-state index is 12.7. The number of carbonyl (C=O) groups is 1. The average molecular weight is 425 g/mol. The lowest BCUT2D eigenvalue weighted by atomic mass is 10.1. The first-order chi connectivity index (χ1) is 14.8. The van der Waals surface area contributed by atoms with Gasteiger partial charge in [-0.25, -0.2) is 0 Å². The van der Waals surface area contributed by atoms with Crippen molar-refractivity contribution in [2.24, 2.45) is 0 Å². The Morgan fingerprint density at radius 3 is 2.50 bits per heavy atom. The molecular weight excluding hydrogens is 400 g/mol. The van der Waals surface area contributed by atoms with E-state index in [-0.39, 0.29) is 5.91 Å². The smallest absolute Gasteiger partial charge is 0.259 e. The number of nitrogens with one attached hydrogen (secondary N) is 1. The summed E-state index contributed by atoms with van der Waals surface area (Å²) in [5.74, 6) is 1.73. The summed E-state index contributed by atoms with van der Waals surface area (Å²) >= 11 is 5.71. The van der Waals surface area contributed by atoms with E-state index in [1.807, 2.05) is 36.4 Å². The molecule has 30 heavy (non-hydrogen) atoms. The fourth-order valence-corrected chi connectivity index (χ4v) is 3.08. The minimum atomic E-state index is -0.248. The molecule has 1 N–H and O–H groups in total. The van der Waals surface area contributed by atoms with E-state index in [4.69, 9.17) is 21.1 Å². The van der Waals surface area contributed by atoms with E-state index < -0.39 is 0 Å². The first-order valence-corrected chi connectivity index (χ1v) is 10.5. The first-order valence-electron chi connectivity index (χ1n) is 9.98. The van der Waals surface area contributed by atoms with E-state index in [1.165, 1.54) is 0 Å². The van der Waals surface area contributed by atoms with Gasteiger partial charge in [-0.3, -0.25) is 9.78 Å². The zero-order valence-corrected chi connectivity index (χ0v) is 17.5. The number of alkyl halides is 1. The summed E-state index contributed by atoms with van der Waals surface area (Å²) in [5, 5.41) is 2.84. The van der Waals surface area contributed by atoms with Gasteiger partial charge in [-0.05, 0) is 49.6 Å². The number of aromatic nitrogens is 1. The average Bonchev–Trinajstić information content (AvgIpc) is 2.79. The number of benzene rings is 2. The Kier molecular flexibility index (Phi) is 8.54. The monoisotopic (exact) mass is 424 g/mol. The molecule has 3 rings (SSSR count). The summed E-state index contributed by atoms with van der Waals surface area (Å²) in [7, 11) is 0. The maximum Gasteiger partial charge on any atom is 0.259 e. The standard InChI is InChI=1S/C24H25ClN2O3/c25-14-6-1-7-16-29-22-12-4-2-9-19(22)18-30-23-13-5-3-11-21(23)24(28)27-20-10-8-15-26-17-20/h2-5,8-13,15,17H,1,6-7,14,16,18H2,(H,27,28). The molecule has 0 bridgehead atoms. The van der Waals surface area contributed by atoms with Gasteiger partial charge in [-0.15, -0.1) is 11.6 Å². The highest BCUT2D eigenvalue weighted by atomic mass is 35.5. The van der Waals surface area contributed by atoms with Crippen LogP contribution >= 0.6 is 11.6 Å². The van der Waals surface area contributed by atoms with Gasteiger partial charge in [0, 0.05) is 17.6 Å². The van der Waals surface area contributed by atoms with Crippen LogP contribution in [0.15, 0.2) is 73.1 Å². The van der Waals surface area contributed by atoms with Crippen molar-refractivity contribution in [3.05, 3.63) is 84.2 Å². The van der Waals surface area contributed by atoms with Crippen LogP contribution in [0.2, 0.25) is 0 Å². The third-order valence-corrected chi connectivity index (χ3v) is 4.71. The predicted octanol–water partition coefficient (Wildman–Crippen LogP) is 5.70. The van der Waals surface area contributed by atoms with E-state index in [0.717, 1.165) is 30.6 Å². The highest BCUT2D eigenvalue weighted by Gasteiger charge is 2.13. The third kappa shape index (κ3) is 6.49. The van der Waals surface area contributed by atoms with Crippen molar-refractivity contribution in [2.75, 3.05) is 17.8 Å². The minimum absolute atomic E-state index is 0.248. The molecule has 0 fully saturated rings. The van der Waals surface area contributed by atoms with Gasteiger partial charge < -0.3 is 14.8 Å². The Morgan fingerprint density at radius 2 is 1.70 bits per heavy atom. The summed E-state index contributed by atoms with van der Waals surface area (Å²) < 4.78 is 11.9. The Morgan fingerprint density at radius 1 is 0.900 bits per heavy atom. The number of nitrogens with zero attached hydrogens (tertiary/aromatic N) is 1. The molecule has 0 saturated carbocycles. The van der Waals surface area contributed by atoms with Gasteiger partial charge >= 0.3 is 0 Å². The molecule has 6 heteroatoms. The van der Waals surface area contributed by atoms with Gasteiger partial charge in [-0.2, -0.15) is 0 Å². The van der Waals surface area contributed by atoms with Crippen molar-refractivity contribution < 1.29 is 14.3 Å². The molecule has 2 aromatic carbocycles. The van der Waals surface area contributed by atoms with Crippen molar-refractivity contribution in [3.8, 4) is 11.5 Å². The lowest BCUT2D eigenvalue weighted by molar-refractivity contribution is 0.102. The van der Waals surface area contributed by atoms with Crippen molar-refractivity contribution >= 4 is 23.2 Å². The molecule has 1 amide bonds. The highest BCUT2D eigenvalue weighted by Crippen LogP contribution is 2.24. The van der Waals surface area contributed by atoms with Crippen LogP contribution in [-0.2, 0) is 6.61 Å². The zero-order valence-electron chi connectivity index (χ0n) is 16.7. The van der Waals surface area contributed by atoms with E-state index in [9.17, 15) is 4.79 Å². The van der Waals surface area contributed by atoms with Crippen molar-refractivity contribution in [1.29, 1.82) is 0 Å². The minimum Gasteiger partial charge on any atom is -0.493 e. The Labute approximate surface area is 182 Å². The second-order valence-corrected chi connectivity index (χ2v) is 7.06. The number of rotatable bonds is 11. The molecule has 0 aliphatic heterocycles. The van der Waals surface area contributed by atoms with E-state index in [2.05, 4.69) is 10.3 Å². The van der Waals surface area contributed by atoms with Crippen LogP contribution in [0.25, 0.3) is 0 Å². The number of halogens is 1. The molecule has 0 unspecified atom stereocenters. The second kappa shape index (κ2) is 11.8. The van der Waals surface area contributed by atoms with Crippen LogP contribution < -0.4 is 14.8 Å². The molecule has 5 nitrogen and oxygen atoms in total. The summed E-state index contributed by atoms with van der Waals surface area (Å²) in [6.07, 6.45) is 6.25. The van der Waals surface area contributed by atoms with Gasteiger partial charge in [0.2, 0.25) is 0 Å². The van der Waals surface area contributed by atoms with E-state index in [1.54, 1.807) is 36.7 Å². The number of amides is 1. The molecule has 0 aliphatic carbocycles. The normalized spacial score (nSPS) is 10.4. The van der Waals surface area contributed by atoms with Gasteiger partial charge in [-0.1, -0.05) is 30.3 Å². The summed E-state index contributed by atoms with van der Waals surface area (Å²) in [5.41, 5.74) is 2.02. The van der Waals surface area contributed by atoms with Gasteiger partial charge in [0.05, 0.1) is 24.1 Å². The molecule has 0 spiro atoms. The van der Waals surface area contributed by atoms with Crippen LogP contribution in [0.5, 0.6) is 11.5 Å². The predicted molar refractivity (Wildman–Crippen MR) is 119 cm³/mol. The maximum absolute atomic E-state index is 12.7. The Bertz CT molecular complexity index is 934. The Hall–Kier alpha value is -3.05. The number of unbranched alkanes of at least 4 members (excludes halogenated alkanes) is 2. The van der Waals surface area contributed by atoms with Crippen molar-refractivity contribution in [1.82, 2.24) is 4.98 Å². The molecule has 1 aromatic heterocycles. The molecule has 0 atom stereocenters. The van der Waals surface area contributed by atoms with E-state index >= 15 is 0 Å². The molecule has 0 aliphatic rings. The van der Waals surface area contributed by atoms with Gasteiger partial charge in [0.1, 0.15) is 18.1 Å². The zero-order chi connectivity index (χ0) is 21.0. The number of anilines is 1. The van der Waals surface area contributed by atoms with Crippen molar-refractivity contribution in [3.63, 3.8) is 0 Å². The lowest BCUT2D eigenvalue weighted by Crippen LogP contribution is -2.14. The second-order valence-electron chi connectivity index (χ2n) is 6.69. The number of hydrogen-bond acceptors (Lipinski definition) is 4. The number of carbonyl (C=O) groups excluding carboxylic acids is 1. The van der Waals surface area contributed by atoms with Gasteiger partial charge in [0.25, 0.3) is 5.91 Å². The summed E-state index contributed by atoms with van der Waals surface area (Å²) in [6.45, 7) is 0.938. The highest BCUT2D eigenvalue weighted by molar-refractivity contribution is 6.17. The molecule has 0 radical (unpaired) electrons. The molecule has 1 heterocycles. The number of hydrogen-bond donors (Lipinski definition) is 1. The van der Waals surface area contributed by atoms with Crippen LogP contribution in [0, 0.1) is 0 Å².